The molecule has 2 rings (SSSR count). The van der Waals surface area contributed by atoms with Crippen LogP contribution in [0.15, 0.2) is 40.4 Å². The zero-order chi connectivity index (χ0) is 16.1. The number of aromatic nitrogens is 1. The summed E-state index contributed by atoms with van der Waals surface area (Å²) in [6.45, 7) is 8.11. The molecule has 0 aliphatic heterocycles. The van der Waals surface area contributed by atoms with Crippen LogP contribution in [0.2, 0.25) is 0 Å². The van der Waals surface area contributed by atoms with Gasteiger partial charge in [0, 0.05) is 13.2 Å². The maximum atomic E-state index is 4.49. The van der Waals surface area contributed by atoms with Gasteiger partial charge in [-0.05, 0) is 51.0 Å². The van der Waals surface area contributed by atoms with Crippen LogP contribution in [0.5, 0.6) is 0 Å². The third-order valence-corrected chi connectivity index (χ3v) is 3.31. The summed E-state index contributed by atoms with van der Waals surface area (Å²) < 4.78 is 0. The van der Waals surface area contributed by atoms with E-state index >= 15 is 0 Å². The van der Waals surface area contributed by atoms with Crippen molar-refractivity contribution >= 4 is 24.1 Å². The van der Waals surface area contributed by atoms with E-state index in [0.29, 0.717) is 0 Å². The Bertz CT molecular complexity index is 717. The summed E-state index contributed by atoms with van der Waals surface area (Å²) in [6.07, 6.45) is 5.36. The van der Waals surface area contributed by atoms with Crippen molar-refractivity contribution in [3.8, 4) is 0 Å². The monoisotopic (exact) mass is 294 g/mol. The molecule has 0 saturated carbocycles. The number of hydrogen-bond acceptors (Lipinski definition) is 3. The van der Waals surface area contributed by atoms with Crippen molar-refractivity contribution in [2.24, 2.45) is 9.98 Å². The maximum Gasteiger partial charge on any atom is 0.0961 e. The van der Waals surface area contributed by atoms with Gasteiger partial charge in [0.1, 0.15) is 0 Å². The lowest BCUT2D eigenvalue weighted by Crippen LogP contribution is -2.12. The van der Waals surface area contributed by atoms with E-state index in [-0.39, 0.29) is 0 Å². The van der Waals surface area contributed by atoms with Crippen LogP contribution in [0.25, 0.3) is 0 Å². The van der Waals surface area contributed by atoms with Crippen LogP contribution in [-0.4, -0.2) is 29.6 Å². The highest BCUT2D eigenvalue weighted by Gasteiger charge is 1.98. The molecule has 1 aromatic carbocycles. The van der Waals surface area contributed by atoms with Crippen molar-refractivity contribution in [3.63, 3.8) is 0 Å². The van der Waals surface area contributed by atoms with Gasteiger partial charge >= 0.3 is 0 Å². The predicted molar refractivity (Wildman–Crippen MR) is 93.7 cm³/mol. The van der Waals surface area contributed by atoms with Crippen molar-refractivity contribution in [1.29, 1.82) is 0 Å². The first-order valence-electron chi connectivity index (χ1n) is 7.26. The molecule has 1 heterocycles. The molecule has 0 atom stereocenters. The molecule has 0 bridgehead atoms. The lowest BCUT2D eigenvalue weighted by Gasteiger charge is -2.07. The number of aliphatic imine (C=N–C) groups is 2. The molecule has 4 heteroatoms. The van der Waals surface area contributed by atoms with Gasteiger partial charge in [-0.3, -0.25) is 4.98 Å². The summed E-state index contributed by atoms with van der Waals surface area (Å²) >= 11 is 0. The Hall–Kier alpha value is -2.49. The van der Waals surface area contributed by atoms with Crippen molar-refractivity contribution in [1.82, 2.24) is 9.88 Å². The summed E-state index contributed by atoms with van der Waals surface area (Å²) in [6, 6.07) is 8.24. The Morgan fingerprint density at radius 1 is 0.909 bits per heavy atom. The Morgan fingerprint density at radius 3 is 2.27 bits per heavy atom. The van der Waals surface area contributed by atoms with Gasteiger partial charge in [-0.1, -0.05) is 17.7 Å². The molecule has 0 radical (unpaired) electrons. The molecular formula is C18H22N4. The molecular weight excluding hydrogens is 272 g/mol. The van der Waals surface area contributed by atoms with Crippen molar-refractivity contribution in [2.75, 3.05) is 7.05 Å². The molecule has 0 amide bonds. The van der Waals surface area contributed by atoms with Gasteiger partial charge in [-0.2, -0.15) is 0 Å². The van der Waals surface area contributed by atoms with E-state index in [1.54, 1.807) is 12.7 Å². The van der Waals surface area contributed by atoms with E-state index in [9.17, 15) is 0 Å². The molecule has 2 aromatic rings. The molecule has 0 fully saturated rings. The summed E-state index contributed by atoms with van der Waals surface area (Å²) in [5.74, 6) is 0. The van der Waals surface area contributed by atoms with Crippen molar-refractivity contribution in [2.45, 2.75) is 27.7 Å². The highest BCUT2D eigenvalue weighted by molar-refractivity contribution is 5.78. The normalized spacial score (nSPS) is 11.5. The third kappa shape index (κ3) is 4.25. The van der Waals surface area contributed by atoms with Gasteiger partial charge < -0.3 is 4.90 Å². The minimum Gasteiger partial charge on any atom is -0.326 e. The second-order valence-electron chi connectivity index (χ2n) is 5.56. The second kappa shape index (κ2) is 6.98. The number of benzene rings is 1. The first-order chi connectivity index (χ1) is 10.5. The molecule has 0 spiro atoms. The number of nitrogens with zero attached hydrogens (tertiary/aromatic N) is 4. The first kappa shape index (κ1) is 15.9. The number of pyridine rings is 1. The molecule has 0 aliphatic carbocycles. The summed E-state index contributed by atoms with van der Waals surface area (Å²) in [5.41, 5.74) is 6.28. The fourth-order valence-electron chi connectivity index (χ4n) is 2.04. The minimum atomic E-state index is 0.881. The number of aryl methyl sites for hydroxylation is 4. The predicted octanol–water partition coefficient (Wildman–Crippen LogP) is 4.27. The lowest BCUT2D eigenvalue weighted by atomic mass is 10.1. The van der Waals surface area contributed by atoms with Gasteiger partial charge in [0.05, 0.1) is 29.7 Å². The van der Waals surface area contributed by atoms with Gasteiger partial charge in [0.25, 0.3) is 0 Å². The Labute approximate surface area is 132 Å². The molecule has 0 aliphatic rings. The van der Waals surface area contributed by atoms with Crippen molar-refractivity contribution < 1.29 is 0 Å². The highest BCUT2D eigenvalue weighted by Crippen LogP contribution is 2.19. The van der Waals surface area contributed by atoms with Crippen LogP contribution in [-0.2, 0) is 0 Å². The average molecular weight is 294 g/mol. The molecule has 0 unspecified atom stereocenters. The molecule has 0 N–H and O–H groups in total. The first-order valence-corrected chi connectivity index (χ1v) is 7.26. The standard InChI is InChI=1S/C18H22N4/c1-13-6-7-17(15(3)8-13)20-11-22(5)12-21-18-9-14(2)10-19-16(18)4/h6-12H,1-5H3. The van der Waals surface area contributed by atoms with E-state index in [1.807, 2.05) is 44.1 Å². The van der Waals surface area contributed by atoms with Crippen LogP contribution in [0.4, 0.5) is 11.4 Å². The minimum absolute atomic E-state index is 0.881. The fourth-order valence-corrected chi connectivity index (χ4v) is 2.04. The van der Waals surface area contributed by atoms with Crippen LogP contribution < -0.4 is 0 Å². The lowest BCUT2D eigenvalue weighted by molar-refractivity contribution is 0.801. The van der Waals surface area contributed by atoms with Gasteiger partial charge in [0.2, 0.25) is 0 Å². The third-order valence-electron chi connectivity index (χ3n) is 3.31. The SMILES string of the molecule is Cc1ccc(N=CN(C)C=Nc2cc(C)cnc2C)c(C)c1. The van der Waals surface area contributed by atoms with Crippen LogP contribution in [0, 0.1) is 27.7 Å². The van der Waals surface area contributed by atoms with Gasteiger partial charge in [0.15, 0.2) is 0 Å². The molecule has 114 valence electrons. The quantitative estimate of drug-likeness (QED) is 0.624. The van der Waals surface area contributed by atoms with Crippen molar-refractivity contribution in [3.05, 3.63) is 52.8 Å². The van der Waals surface area contributed by atoms with E-state index in [1.165, 1.54) is 11.1 Å². The number of hydrogen-bond donors (Lipinski definition) is 0. The Morgan fingerprint density at radius 2 is 1.59 bits per heavy atom. The van der Waals surface area contributed by atoms with Crippen LogP contribution >= 0.6 is 0 Å². The Kier molecular flexibility index (Phi) is 5.04. The van der Waals surface area contributed by atoms with Gasteiger partial charge in [-0.25, -0.2) is 9.98 Å². The zero-order valence-corrected chi connectivity index (χ0v) is 13.8. The van der Waals surface area contributed by atoms with Crippen LogP contribution in [0.3, 0.4) is 0 Å². The maximum absolute atomic E-state index is 4.49. The zero-order valence-electron chi connectivity index (χ0n) is 13.8. The van der Waals surface area contributed by atoms with E-state index < -0.39 is 0 Å². The fraction of sp³-hybridized carbons (Fsp3) is 0.278. The summed E-state index contributed by atoms with van der Waals surface area (Å²) in [4.78, 5) is 15.1. The molecule has 0 saturated heterocycles. The smallest absolute Gasteiger partial charge is 0.0961 e. The molecule has 22 heavy (non-hydrogen) atoms. The molecule has 4 nitrogen and oxygen atoms in total. The topological polar surface area (TPSA) is 40.9 Å². The van der Waals surface area contributed by atoms with Gasteiger partial charge in [-0.15, -0.1) is 0 Å². The molecule has 1 aromatic heterocycles. The second-order valence-corrected chi connectivity index (χ2v) is 5.56. The van der Waals surface area contributed by atoms with E-state index in [4.69, 9.17) is 0 Å². The summed E-state index contributed by atoms with van der Waals surface area (Å²) in [7, 11) is 1.91. The Balaban J connectivity index is 2.09. The van der Waals surface area contributed by atoms with E-state index in [2.05, 4.69) is 40.9 Å². The number of rotatable bonds is 4. The average Bonchev–Trinajstić information content (AvgIpc) is 2.47. The largest absolute Gasteiger partial charge is 0.326 e. The summed E-state index contributed by atoms with van der Waals surface area (Å²) in [5, 5.41) is 0. The van der Waals surface area contributed by atoms with E-state index in [0.717, 1.165) is 22.6 Å². The highest BCUT2D eigenvalue weighted by atomic mass is 15.1. The van der Waals surface area contributed by atoms with Crippen LogP contribution in [0.1, 0.15) is 22.4 Å².